The van der Waals surface area contributed by atoms with E-state index in [1.165, 1.54) is 0 Å². The first kappa shape index (κ1) is 13.3. The molecule has 1 aromatic heterocycles. The molecule has 0 aliphatic rings. The van der Waals surface area contributed by atoms with E-state index < -0.39 is 0 Å². The van der Waals surface area contributed by atoms with Gasteiger partial charge in [0.25, 0.3) is 0 Å². The zero-order valence-corrected chi connectivity index (χ0v) is 10.9. The molecule has 0 bridgehead atoms. The van der Waals surface area contributed by atoms with Crippen LogP contribution in [0, 0.1) is 13.8 Å². The minimum absolute atomic E-state index is 0.105. The number of amidine groups is 1. The molecule has 0 saturated heterocycles. The van der Waals surface area contributed by atoms with Crippen molar-refractivity contribution in [2.24, 2.45) is 10.9 Å². The number of hydrogen-bond acceptors (Lipinski definition) is 4. The highest BCUT2D eigenvalue weighted by atomic mass is 16.4. The number of pyridine rings is 1. The van der Waals surface area contributed by atoms with Crippen LogP contribution in [0.15, 0.2) is 11.2 Å². The van der Waals surface area contributed by atoms with Gasteiger partial charge < -0.3 is 15.8 Å². The van der Waals surface area contributed by atoms with E-state index in [0.717, 1.165) is 30.0 Å². The summed E-state index contributed by atoms with van der Waals surface area (Å²) >= 11 is 0. The number of anilines is 1. The number of nitrogens with zero attached hydrogens (tertiary/aromatic N) is 3. The summed E-state index contributed by atoms with van der Waals surface area (Å²) in [5.41, 5.74) is 9.07. The maximum atomic E-state index is 8.83. The molecule has 0 aliphatic carbocycles. The summed E-state index contributed by atoms with van der Waals surface area (Å²) < 4.78 is 0. The quantitative estimate of drug-likeness (QED) is 0.361. The van der Waals surface area contributed by atoms with Gasteiger partial charge in [-0.15, -0.1) is 0 Å². The summed E-state index contributed by atoms with van der Waals surface area (Å²) in [6.07, 6.45) is 1.03. The predicted octanol–water partition coefficient (Wildman–Crippen LogP) is 1.64. The topological polar surface area (TPSA) is 74.7 Å². The SMILES string of the molecule is CCCN(C)c1cc(C)nc(C)c1/C(N)=N/O. The van der Waals surface area contributed by atoms with Crippen molar-refractivity contribution in [3.8, 4) is 0 Å². The summed E-state index contributed by atoms with van der Waals surface area (Å²) in [6, 6.07) is 1.95. The average Bonchev–Trinajstić information content (AvgIpc) is 2.27. The minimum atomic E-state index is 0.105. The molecule has 5 heteroatoms. The molecule has 17 heavy (non-hydrogen) atoms. The Bertz CT molecular complexity index is 429. The number of aryl methyl sites for hydroxylation is 2. The van der Waals surface area contributed by atoms with Crippen LogP contribution in [0.4, 0.5) is 5.69 Å². The van der Waals surface area contributed by atoms with Crippen LogP contribution in [0.2, 0.25) is 0 Å². The van der Waals surface area contributed by atoms with Crippen LogP contribution in [0.3, 0.4) is 0 Å². The molecule has 0 atom stereocenters. The fraction of sp³-hybridized carbons (Fsp3) is 0.500. The second kappa shape index (κ2) is 5.52. The minimum Gasteiger partial charge on any atom is -0.409 e. The first-order chi connectivity index (χ1) is 8.01. The molecule has 0 amide bonds. The van der Waals surface area contributed by atoms with Gasteiger partial charge in [0.1, 0.15) is 0 Å². The Morgan fingerprint density at radius 1 is 1.53 bits per heavy atom. The number of rotatable bonds is 4. The fourth-order valence-electron chi connectivity index (χ4n) is 1.93. The molecule has 1 heterocycles. The molecule has 1 aromatic rings. The number of nitrogens with two attached hydrogens (primary N) is 1. The van der Waals surface area contributed by atoms with Gasteiger partial charge in [0, 0.05) is 19.3 Å². The van der Waals surface area contributed by atoms with Gasteiger partial charge in [-0.3, -0.25) is 4.98 Å². The van der Waals surface area contributed by atoms with Crippen LogP contribution in [-0.4, -0.2) is 29.6 Å². The van der Waals surface area contributed by atoms with E-state index >= 15 is 0 Å². The molecule has 0 saturated carbocycles. The van der Waals surface area contributed by atoms with Crippen molar-refractivity contribution >= 4 is 11.5 Å². The van der Waals surface area contributed by atoms with Crippen molar-refractivity contribution < 1.29 is 5.21 Å². The van der Waals surface area contributed by atoms with Crippen molar-refractivity contribution in [2.75, 3.05) is 18.5 Å². The predicted molar refractivity (Wildman–Crippen MR) is 69.8 cm³/mol. The van der Waals surface area contributed by atoms with Gasteiger partial charge in [0.05, 0.1) is 16.9 Å². The van der Waals surface area contributed by atoms with Gasteiger partial charge in [-0.2, -0.15) is 0 Å². The highest BCUT2D eigenvalue weighted by Gasteiger charge is 2.15. The molecule has 0 unspecified atom stereocenters. The maximum absolute atomic E-state index is 8.83. The largest absolute Gasteiger partial charge is 0.409 e. The average molecular weight is 236 g/mol. The molecule has 3 N–H and O–H groups in total. The molecule has 94 valence electrons. The Morgan fingerprint density at radius 3 is 2.71 bits per heavy atom. The Balaban J connectivity index is 3.35. The first-order valence-corrected chi connectivity index (χ1v) is 5.68. The number of hydrogen-bond donors (Lipinski definition) is 2. The third-order valence-electron chi connectivity index (χ3n) is 2.64. The number of aromatic nitrogens is 1. The monoisotopic (exact) mass is 236 g/mol. The summed E-state index contributed by atoms with van der Waals surface area (Å²) in [5, 5.41) is 11.9. The van der Waals surface area contributed by atoms with E-state index in [4.69, 9.17) is 10.9 Å². The highest BCUT2D eigenvalue weighted by Crippen LogP contribution is 2.23. The van der Waals surface area contributed by atoms with Gasteiger partial charge in [0.15, 0.2) is 5.84 Å². The third-order valence-corrected chi connectivity index (χ3v) is 2.64. The molecule has 0 spiro atoms. The van der Waals surface area contributed by atoms with Gasteiger partial charge in [-0.1, -0.05) is 12.1 Å². The summed E-state index contributed by atoms with van der Waals surface area (Å²) in [5.74, 6) is 0.105. The lowest BCUT2D eigenvalue weighted by Gasteiger charge is -2.22. The molecular formula is C12H20N4O. The van der Waals surface area contributed by atoms with Crippen molar-refractivity contribution in [1.82, 2.24) is 4.98 Å². The summed E-state index contributed by atoms with van der Waals surface area (Å²) in [7, 11) is 1.99. The first-order valence-electron chi connectivity index (χ1n) is 5.68. The van der Waals surface area contributed by atoms with E-state index in [1.54, 1.807) is 0 Å². The molecule has 0 aliphatic heterocycles. The van der Waals surface area contributed by atoms with Crippen molar-refractivity contribution in [1.29, 1.82) is 0 Å². The van der Waals surface area contributed by atoms with Crippen molar-refractivity contribution in [3.63, 3.8) is 0 Å². The molecule has 1 rings (SSSR count). The standard InChI is InChI=1S/C12H20N4O/c1-5-6-16(4)10-7-8(2)14-9(3)11(10)12(13)15-17/h7,17H,5-6H2,1-4H3,(H2,13,15). The van der Waals surface area contributed by atoms with E-state index in [2.05, 4.69) is 22.0 Å². The number of oxime groups is 1. The van der Waals surface area contributed by atoms with Crippen LogP contribution in [0.1, 0.15) is 30.3 Å². The van der Waals surface area contributed by atoms with E-state index in [1.807, 2.05) is 27.0 Å². The van der Waals surface area contributed by atoms with Crippen molar-refractivity contribution in [3.05, 3.63) is 23.0 Å². The zero-order chi connectivity index (χ0) is 13.0. The second-order valence-electron chi connectivity index (χ2n) is 4.15. The van der Waals surface area contributed by atoms with Crippen LogP contribution >= 0.6 is 0 Å². The molecule has 0 fully saturated rings. The van der Waals surface area contributed by atoms with Gasteiger partial charge in [0.2, 0.25) is 0 Å². The van der Waals surface area contributed by atoms with E-state index in [-0.39, 0.29) is 5.84 Å². The second-order valence-corrected chi connectivity index (χ2v) is 4.15. The normalized spacial score (nSPS) is 11.6. The highest BCUT2D eigenvalue weighted by molar-refractivity contribution is 6.03. The molecular weight excluding hydrogens is 216 g/mol. The Kier molecular flexibility index (Phi) is 4.31. The van der Waals surface area contributed by atoms with Crippen LogP contribution in [0.5, 0.6) is 0 Å². The summed E-state index contributed by atoms with van der Waals surface area (Å²) in [6.45, 7) is 6.82. The van der Waals surface area contributed by atoms with Crippen molar-refractivity contribution in [2.45, 2.75) is 27.2 Å². The molecule has 5 nitrogen and oxygen atoms in total. The van der Waals surface area contributed by atoms with Crippen LogP contribution in [-0.2, 0) is 0 Å². The third kappa shape index (κ3) is 2.87. The smallest absolute Gasteiger partial charge is 0.174 e. The zero-order valence-electron chi connectivity index (χ0n) is 10.9. The lowest BCUT2D eigenvalue weighted by molar-refractivity contribution is 0.318. The lowest BCUT2D eigenvalue weighted by Crippen LogP contribution is -2.25. The Labute approximate surface area is 102 Å². The van der Waals surface area contributed by atoms with Crippen LogP contribution < -0.4 is 10.6 Å². The summed E-state index contributed by atoms with van der Waals surface area (Å²) in [4.78, 5) is 6.44. The van der Waals surface area contributed by atoms with Gasteiger partial charge >= 0.3 is 0 Å². The van der Waals surface area contributed by atoms with Crippen LogP contribution in [0.25, 0.3) is 0 Å². The molecule has 0 aromatic carbocycles. The Morgan fingerprint density at radius 2 is 2.18 bits per heavy atom. The van der Waals surface area contributed by atoms with E-state index in [9.17, 15) is 0 Å². The van der Waals surface area contributed by atoms with E-state index in [0.29, 0.717) is 5.56 Å². The Hall–Kier alpha value is -1.78. The molecule has 0 radical (unpaired) electrons. The van der Waals surface area contributed by atoms with Gasteiger partial charge in [-0.05, 0) is 26.3 Å². The lowest BCUT2D eigenvalue weighted by atomic mass is 10.1. The van der Waals surface area contributed by atoms with Gasteiger partial charge in [-0.25, -0.2) is 0 Å². The maximum Gasteiger partial charge on any atom is 0.174 e. The fourth-order valence-corrected chi connectivity index (χ4v) is 1.93.